The van der Waals surface area contributed by atoms with Crippen molar-refractivity contribution in [1.29, 1.82) is 0 Å². The summed E-state index contributed by atoms with van der Waals surface area (Å²) in [7, 11) is 3.25. The van der Waals surface area contributed by atoms with Crippen LogP contribution in [0.3, 0.4) is 0 Å². The standard InChI is InChI=1S/C16H23N3O2/c1-10-18-14(15(17)19(10)16(2,3)4)12-8-7-11(20-5)9-13(12)21-6/h7-9H,17H2,1-6H3. The van der Waals surface area contributed by atoms with Crippen LogP contribution in [0.5, 0.6) is 11.5 Å². The molecule has 0 radical (unpaired) electrons. The summed E-state index contributed by atoms with van der Waals surface area (Å²) in [5.74, 6) is 2.96. The highest BCUT2D eigenvalue weighted by Crippen LogP contribution is 2.37. The number of nitrogens with two attached hydrogens (primary N) is 1. The van der Waals surface area contributed by atoms with E-state index in [1.165, 1.54) is 0 Å². The van der Waals surface area contributed by atoms with Crippen LogP contribution in [0.4, 0.5) is 5.82 Å². The highest BCUT2D eigenvalue weighted by Gasteiger charge is 2.24. The zero-order valence-electron chi connectivity index (χ0n) is 13.5. The average Bonchev–Trinajstić information content (AvgIpc) is 2.72. The predicted molar refractivity (Wildman–Crippen MR) is 84.9 cm³/mol. The van der Waals surface area contributed by atoms with Crippen molar-refractivity contribution in [2.24, 2.45) is 0 Å². The van der Waals surface area contributed by atoms with Gasteiger partial charge in [0.2, 0.25) is 0 Å². The number of hydrogen-bond donors (Lipinski definition) is 1. The molecule has 0 fully saturated rings. The number of nitrogen functional groups attached to an aromatic ring is 1. The summed E-state index contributed by atoms with van der Waals surface area (Å²) < 4.78 is 12.7. The van der Waals surface area contributed by atoms with E-state index in [2.05, 4.69) is 25.8 Å². The molecule has 1 heterocycles. The molecule has 0 spiro atoms. The van der Waals surface area contributed by atoms with Gasteiger partial charge in [-0.1, -0.05) is 0 Å². The molecule has 2 aromatic rings. The maximum absolute atomic E-state index is 6.33. The molecule has 2 rings (SSSR count). The number of nitrogens with zero attached hydrogens (tertiary/aromatic N) is 2. The average molecular weight is 289 g/mol. The number of benzene rings is 1. The molecular weight excluding hydrogens is 266 g/mol. The Balaban J connectivity index is 2.63. The Morgan fingerprint density at radius 2 is 1.81 bits per heavy atom. The molecule has 114 valence electrons. The van der Waals surface area contributed by atoms with Gasteiger partial charge in [0.05, 0.1) is 14.2 Å². The Bertz CT molecular complexity index is 654. The first-order valence-corrected chi connectivity index (χ1v) is 6.87. The monoisotopic (exact) mass is 289 g/mol. The molecule has 0 aliphatic rings. The van der Waals surface area contributed by atoms with Crippen molar-refractivity contribution in [3.05, 3.63) is 24.0 Å². The van der Waals surface area contributed by atoms with E-state index in [0.717, 1.165) is 22.8 Å². The van der Waals surface area contributed by atoms with E-state index in [9.17, 15) is 0 Å². The summed E-state index contributed by atoms with van der Waals surface area (Å²) in [5.41, 5.74) is 7.81. The molecule has 0 bridgehead atoms. The van der Waals surface area contributed by atoms with Gasteiger partial charge in [0.1, 0.15) is 28.8 Å². The van der Waals surface area contributed by atoms with Gasteiger partial charge in [-0.05, 0) is 39.8 Å². The van der Waals surface area contributed by atoms with Crippen LogP contribution in [0.25, 0.3) is 11.3 Å². The van der Waals surface area contributed by atoms with Crippen LogP contribution in [0, 0.1) is 6.92 Å². The normalized spacial score (nSPS) is 11.5. The molecule has 0 saturated carbocycles. The highest BCUT2D eigenvalue weighted by molar-refractivity contribution is 5.77. The summed E-state index contributed by atoms with van der Waals surface area (Å²) in [6.07, 6.45) is 0. The number of hydrogen-bond acceptors (Lipinski definition) is 4. The summed E-state index contributed by atoms with van der Waals surface area (Å²) >= 11 is 0. The molecule has 5 nitrogen and oxygen atoms in total. The maximum atomic E-state index is 6.33. The molecule has 2 N–H and O–H groups in total. The van der Waals surface area contributed by atoms with Gasteiger partial charge in [-0.15, -0.1) is 0 Å². The van der Waals surface area contributed by atoms with Crippen molar-refractivity contribution in [2.45, 2.75) is 33.2 Å². The van der Waals surface area contributed by atoms with Crippen LogP contribution in [0.2, 0.25) is 0 Å². The number of ether oxygens (including phenoxy) is 2. The fourth-order valence-electron chi connectivity index (χ4n) is 2.59. The smallest absolute Gasteiger partial charge is 0.132 e. The van der Waals surface area contributed by atoms with Gasteiger partial charge in [-0.25, -0.2) is 4.98 Å². The number of imidazole rings is 1. The minimum atomic E-state index is -0.126. The Morgan fingerprint density at radius 1 is 1.14 bits per heavy atom. The zero-order valence-corrected chi connectivity index (χ0v) is 13.5. The molecule has 0 saturated heterocycles. The first-order chi connectivity index (χ1) is 9.79. The number of aryl methyl sites for hydroxylation is 1. The molecule has 1 aromatic carbocycles. The lowest BCUT2D eigenvalue weighted by atomic mass is 10.1. The second-order valence-corrected chi connectivity index (χ2v) is 5.97. The number of rotatable bonds is 3. The largest absolute Gasteiger partial charge is 0.497 e. The second-order valence-electron chi connectivity index (χ2n) is 5.97. The minimum absolute atomic E-state index is 0.126. The van der Waals surface area contributed by atoms with Crippen molar-refractivity contribution in [2.75, 3.05) is 20.0 Å². The lowest BCUT2D eigenvalue weighted by Crippen LogP contribution is -2.24. The van der Waals surface area contributed by atoms with Crippen molar-refractivity contribution >= 4 is 5.82 Å². The van der Waals surface area contributed by atoms with Gasteiger partial charge in [0, 0.05) is 17.2 Å². The summed E-state index contributed by atoms with van der Waals surface area (Å²) in [6.45, 7) is 8.27. The third kappa shape index (κ3) is 2.68. The van der Waals surface area contributed by atoms with E-state index in [1.807, 2.05) is 29.7 Å². The molecular formula is C16H23N3O2. The van der Waals surface area contributed by atoms with Crippen molar-refractivity contribution in [1.82, 2.24) is 9.55 Å². The van der Waals surface area contributed by atoms with Crippen LogP contribution >= 0.6 is 0 Å². The predicted octanol–water partition coefficient (Wildman–Crippen LogP) is 3.21. The fourth-order valence-corrected chi connectivity index (χ4v) is 2.59. The van der Waals surface area contributed by atoms with Crippen molar-refractivity contribution in [3.63, 3.8) is 0 Å². The maximum Gasteiger partial charge on any atom is 0.132 e. The van der Waals surface area contributed by atoms with Gasteiger partial charge in [0.15, 0.2) is 0 Å². The molecule has 1 aromatic heterocycles. The van der Waals surface area contributed by atoms with Gasteiger partial charge in [-0.2, -0.15) is 0 Å². The van der Waals surface area contributed by atoms with E-state index < -0.39 is 0 Å². The van der Waals surface area contributed by atoms with Gasteiger partial charge < -0.3 is 19.8 Å². The van der Waals surface area contributed by atoms with E-state index in [0.29, 0.717) is 11.6 Å². The molecule has 5 heteroatoms. The van der Waals surface area contributed by atoms with E-state index in [1.54, 1.807) is 14.2 Å². The summed E-state index contributed by atoms with van der Waals surface area (Å²) in [5, 5.41) is 0. The first-order valence-electron chi connectivity index (χ1n) is 6.87. The van der Waals surface area contributed by atoms with E-state index >= 15 is 0 Å². The Labute approximate surface area is 125 Å². The quantitative estimate of drug-likeness (QED) is 0.942. The zero-order chi connectivity index (χ0) is 15.8. The van der Waals surface area contributed by atoms with Gasteiger partial charge >= 0.3 is 0 Å². The molecule has 0 aliphatic carbocycles. The third-order valence-electron chi connectivity index (χ3n) is 3.42. The third-order valence-corrected chi connectivity index (χ3v) is 3.42. The Morgan fingerprint density at radius 3 is 2.29 bits per heavy atom. The van der Waals surface area contributed by atoms with Crippen LogP contribution in [-0.4, -0.2) is 23.8 Å². The van der Waals surface area contributed by atoms with Crippen molar-refractivity contribution in [3.8, 4) is 22.8 Å². The molecule has 0 aliphatic heterocycles. The molecule has 0 amide bonds. The summed E-state index contributed by atoms with van der Waals surface area (Å²) in [6, 6.07) is 5.63. The Hall–Kier alpha value is -2.17. The van der Waals surface area contributed by atoms with E-state index in [-0.39, 0.29) is 5.54 Å². The fraction of sp³-hybridized carbons (Fsp3) is 0.438. The van der Waals surface area contributed by atoms with Crippen molar-refractivity contribution < 1.29 is 9.47 Å². The first kappa shape index (κ1) is 15.2. The summed E-state index contributed by atoms with van der Waals surface area (Å²) in [4.78, 5) is 4.63. The van der Waals surface area contributed by atoms with Crippen LogP contribution in [0.1, 0.15) is 26.6 Å². The molecule has 21 heavy (non-hydrogen) atoms. The van der Waals surface area contributed by atoms with Gasteiger partial charge in [-0.3, -0.25) is 0 Å². The SMILES string of the molecule is COc1ccc(-c2nc(C)n(C(C)(C)C)c2N)c(OC)c1. The van der Waals surface area contributed by atoms with Crippen LogP contribution < -0.4 is 15.2 Å². The molecule has 0 unspecified atom stereocenters. The second kappa shape index (κ2) is 5.31. The Kier molecular flexibility index (Phi) is 3.85. The number of aromatic nitrogens is 2. The minimum Gasteiger partial charge on any atom is -0.497 e. The van der Waals surface area contributed by atoms with Crippen LogP contribution in [-0.2, 0) is 5.54 Å². The topological polar surface area (TPSA) is 62.3 Å². The highest BCUT2D eigenvalue weighted by atomic mass is 16.5. The lowest BCUT2D eigenvalue weighted by Gasteiger charge is -2.24. The molecule has 0 atom stereocenters. The number of methoxy groups -OCH3 is 2. The number of anilines is 1. The van der Waals surface area contributed by atoms with E-state index in [4.69, 9.17) is 15.2 Å². The van der Waals surface area contributed by atoms with Crippen LogP contribution in [0.15, 0.2) is 18.2 Å². The lowest BCUT2D eigenvalue weighted by molar-refractivity contribution is 0.393. The van der Waals surface area contributed by atoms with Gasteiger partial charge in [0.25, 0.3) is 0 Å².